The number of hydrogen-bond acceptors (Lipinski definition) is 3. The Hall–Kier alpha value is -0.610. The molecule has 0 aromatic carbocycles. The predicted molar refractivity (Wildman–Crippen MR) is 31.3 cm³/mol. The van der Waals surface area contributed by atoms with Gasteiger partial charge in [0.15, 0.2) is 0 Å². The summed E-state index contributed by atoms with van der Waals surface area (Å²) in [6.07, 6.45) is 0.0766. The van der Waals surface area contributed by atoms with Gasteiger partial charge in [0.2, 0.25) is 0 Å². The topological polar surface area (TPSA) is 55.6 Å². The minimum Gasteiger partial charge on any atom is -0.367 e. The van der Waals surface area contributed by atoms with Crippen LogP contribution in [0.5, 0.6) is 0 Å². The van der Waals surface area contributed by atoms with Crippen molar-refractivity contribution in [1.29, 1.82) is 0 Å². The van der Waals surface area contributed by atoms with Crippen molar-refractivity contribution in [1.82, 2.24) is 5.01 Å². The molecule has 1 atom stereocenters. The molecule has 0 spiro atoms. The van der Waals surface area contributed by atoms with Gasteiger partial charge in [0.1, 0.15) is 6.61 Å². The van der Waals surface area contributed by atoms with Crippen molar-refractivity contribution in [2.75, 3.05) is 13.2 Å². The van der Waals surface area contributed by atoms with Crippen LogP contribution >= 0.6 is 0 Å². The lowest BCUT2D eigenvalue weighted by atomic mass is 10.3. The van der Waals surface area contributed by atoms with E-state index < -0.39 is 0 Å². The third-order valence-electron chi connectivity index (χ3n) is 1.27. The molecule has 1 aliphatic rings. The van der Waals surface area contributed by atoms with Crippen LogP contribution in [0.4, 0.5) is 0 Å². The zero-order chi connectivity index (χ0) is 6.85. The van der Waals surface area contributed by atoms with Crippen molar-refractivity contribution in [3.05, 3.63) is 0 Å². The maximum atomic E-state index is 10.6. The standard InChI is InChI=1S/C5H10N2O2/c1-4-2-7(6)5(8)3-9-4/h4H,2-3,6H2,1H3. The number of hydrogen-bond donors (Lipinski definition) is 1. The van der Waals surface area contributed by atoms with Crippen molar-refractivity contribution < 1.29 is 9.53 Å². The molecule has 1 fully saturated rings. The molecule has 0 bridgehead atoms. The number of nitrogens with zero attached hydrogens (tertiary/aromatic N) is 1. The van der Waals surface area contributed by atoms with Crippen molar-refractivity contribution in [3.8, 4) is 0 Å². The second kappa shape index (κ2) is 2.33. The third kappa shape index (κ3) is 1.40. The van der Waals surface area contributed by atoms with Crippen LogP contribution in [0.1, 0.15) is 6.92 Å². The normalized spacial score (nSPS) is 28.9. The Labute approximate surface area is 53.5 Å². The number of ether oxygens (including phenoxy) is 1. The smallest absolute Gasteiger partial charge is 0.262 e. The maximum absolute atomic E-state index is 10.6. The van der Waals surface area contributed by atoms with Gasteiger partial charge in [-0.05, 0) is 6.92 Å². The van der Waals surface area contributed by atoms with Crippen LogP contribution in [0.3, 0.4) is 0 Å². The van der Waals surface area contributed by atoms with Crippen molar-refractivity contribution in [3.63, 3.8) is 0 Å². The molecule has 1 aliphatic heterocycles. The first-order valence-electron chi connectivity index (χ1n) is 2.87. The zero-order valence-corrected chi connectivity index (χ0v) is 5.33. The predicted octanol–water partition coefficient (Wildman–Crippen LogP) is -0.893. The zero-order valence-electron chi connectivity index (χ0n) is 5.33. The van der Waals surface area contributed by atoms with Gasteiger partial charge in [0.25, 0.3) is 5.91 Å². The van der Waals surface area contributed by atoms with E-state index in [0.717, 1.165) is 0 Å². The van der Waals surface area contributed by atoms with Crippen LogP contribution in [0, 0.1) is 0 Å². The second-order valence-corrected chi connectivity index (χ2v) is 2.17. The van der Waals surface area contributed by atoms with Gasteiger partial charge in [-0.2, -0.15) is 0 Å². The van der Waals surface area contributed by atoms with Crippen LogP contribution < -0.4 is 5.84 Å². The fourth-order valence-corrected chi connectivity index (χ4v) is 0.728. The molecule has 1 unspecified atom stereocenters. The quantitative estimate of drug-likeness (QED) is 0.342. The molecule has 0 aromatic heterocycles. The summed E-state index contributed by atoms with van der Waals surface area (Å²) < 4.78 is 4.99. The SMILES string of the molecule is CC1CN(N)C(=O)CO1. The van der Waals surface area contributed by atoms with E-state index in [4.69, 9.17) is 10.6 Å². The molecule has 4 heteroatoms. The number of carbonyl (C=O) groups is 1. The van der Waals surface area contributed by atoms with Crippen LogP contribution in [0.15, 0.2) is 0 Å². The summed E-state index contributed by atoms with van der Waals surface area (Å²) in [5.41, 5.74) is 0. The average molecular weight is 130 g/mol. The fraction of sp³-hybridized carbons (Fsp3) is 0.800. The lowest BCUT2D eigenvalue weighted by Gasteiger charge is -2.26. The molecule has 1 amide bonds. The lowest BCUT2D eigenvalue weighted by molar-refractivity contribution is -0.148. The Balaban J connectivity index is 2.44. The van der Waals surface area contributed by atoms with Crippen LogP contribution in [-0.4, -0.2) is 30.2 Å². The first kappa shape index (κ1) is 6.51. The first-order valence-corrected chi connectivity index (χ1v) is 2.87. The van der Waals surface area contributed by atoms with Gasteiger partial charge in [-0.3, -0.25) is 9.80 Å². The molecule has 1 rings (SSSR count). The molecular weight excluding hydrogens is 120 g/mol. The molecule has 0 aliphatic carbocycles. The van der Waals surface area contributed by atoms with E-state index in [1.165, 1.54) is 5.01 Å². The van der Waals surface area contributed by atoms with Gasteiger partial charge < -0.3 is 4.74 Å². The Kier molecular flexibility index (Phi) is 1.68. The van der Waals surface area contributed by atoms with Crippen LogP contribution in [0.2, 0.25) is 0 Å². The maximum Gasteiger partial charge on any atom is 0.262 e. The largest absolute Gasteiger partial charge is 0.367 e. The number of rotatable bonds is 0. The Morgan fingerprint density at radius 1 is 1.89 bits per heavy atom. The first-order chi connectivity index (χ1) is 4.20. The second-order valence-electron chi connectivity index (χ2n) is 2.17. The molecule has 52 valence electrons. The van der Waals surface area contributed by atoms with Crippen molar-refractivity contribution in [2.45, 2.75) is 13.0 Å². The minimum absolute atomic E-state index is 0.0766. The van der Waals surface area contributed by atoms with Crippen LogP contribution in [0.25, 0.3) is 0 Å². The Bertz CT molecular complexity index is 126. The van der Waals surface area contributed by atoms with E-state index in [1.807, 2.05) is 6.92 Å². The highest BCUT2D eigenvalue weighted by atomic mass is 16.5. The number of nitrogens with two attached hydrogens (primary N) is 1. The number of hydrazine groups is 1. The van der Waals surface area contributed by atoms with Gasteiger partial charge in [-0.25, -0.2) is 5.84 Å². The Morgan fingerprint density at radius 3 is 3.00 bits per heavy atom. The summed E-state index contributed by atoms with van der Waals surface area (Å²) in [7, 11) is 0. The number of amides is 1. The Morgan fingerprint density at radius 2 is 2.56 bits per heavy atom. The highest BCUT2D eigenvalue weighted by Gasteiger charge is 2.19. The number of carbonyl (C=O) groups excluding carboxylic acids is 1. The highest BCUT2D eigenvalue weighted by molar-refractivity contribution is 5.77. The highest BCUT2D eigenvalue weighted by Crippen LogP contribution is 1.99. The fourth-order valence-electron chi connectivity index (χ4n) is 0.728. The summed E-state index contributed by atoms with van der Waals surface area (Å²) in [4.78, 5) is 10.6. The van der Waals surface area contributed by atoms with Crippen molar-refractivity contribution >= 4 is 5.91 Å². The molecular formula is C5H10N2O2. The average Bonchev–Trinajstić information content (AvgIpc) is 1.80. The van der Waals surface area contributed by atoms with E-state index in [1.54, 1.807) is 0 Å². The van der Waals surface area contributed by atoms with Crippen molar-refractivity contribution in [2.24, 2.45) is 5.84 Å². The molecule has 0 aromatic rings. The summed E-state index contributed by atoms with van der Waals surface area (Å²) in [5, 5.41) is 1.19. The molecule has 2 N–H and O–H groups in total. The summed E-state index contributed by atoms with van der Waals surface area (Å²) >= 11 is 0. The van der Waals surface area contributed by atoms with E-state index in [9.17, 15) is 4.79 Å². The molecule has 4 nitrogen and oxygen atoms in total. The molecule has 1 saturated heterocycles. The monoisotopic (exact) mass is 130 g/mol. The lowest BCUT2D eigenvalue weighted by Crippen LogP contribution is -2.49. The van der Waals surface area contributed by atoms with E-state index in [-0.39, 0.29) is 18.6 Å². The van der Waals surface area contributed by atoms with Gasteiger partial charge in [-0.15, -0.1) is 0 Å². The summed E-state index contributed by atoms with van der Waals surface area (Å²) in [5.74, 6) is 5.13. The van der Waals surface area contributed by atoms with E-state index in [0.29, 0.717) is 6.54 Å². The summed E-state index contributed by atoms with van der Waals surface area (Å²) in [6, 6.07) is 0. The molecule has 1 heterocycles. The van der Waals surface area contributed by atoms with Gasteiger partial charge in [0.05, 0.1) is 12.6 Å². The van der Waals surface area contributed by atoms with Gasteiger partial charge in [-0.1, -0.05) is 0 Å². The van der Waals surface area contributed by atoms with Gasteiger partial charge >= 0.3 is 0 Å². The molecule has 0 radical (unpaired) electrons. The third-order valence-corrected chi connectivity index (χ3v) is 1.27. The van der Waals surface area contributed by atoms with E-state index >= 15 is 0 Å². The minimum atomic E-state index is -0.145. The molecule has 9 heavy (non-hydrogen) atoms. The summed E-state index contributed by atoms with van der Waals surface area (Å²) in [6.45, 7) is 2.50. The molecule has 0 saturated carbocycles. The van der Waals surface area contributed by atoms with Crippen LogP contribution in [-0.2, 0) is 9.53 Å². The number of morpholine rings is 1. The van der Waals surface area contributed by atoms with Gasteiger partial charge in [0, 0.05) is 0 Å². The van der Waals surface area contributed by atoms with E-state index in [2.05, 4.69) is 0 Å².